The molecule has 0 bridgehead atoms. The lowest BCUT2D eigenvalue weighted by Gasteiger charge is -2.32. The summed E-state index contributed by atoms with van der Waals surface area (Å²) < 4.78 is 5.31. The average molecular weight is 361 g/mol. The van der Waals surface area contributed by atoms with Crippen molar-refractivity contribution >= 4 is 11.8 Å². The lowest BCUT2D eigenvalue weighted by atomic mass is 10.2. The van der Waals surface area contributed by atoms with E-state index in [-0.39, 0.29) is 17.5 Å². The normalized spacial score (nSPS) is 19.3. The van der Waals surface area contributed by atoms with Gasteiger partial charge in [0.2, 0.25) is 0 Å². The maximum atomic E-state index is 12.6. The van der Waals surface area contributed by atoms with Gasteiger partial charge in [0.05, 0.1) is 13.2 Å². The summed E-state index contributed by atoms with van der Waals surface area (Å²) in [5.74, 6) is -0.354. The van der Waals surface area contributed by atoms with Crippen LogP contribution in [0, 0.1) is 0 Å². The quantitative estimate of drug-likeness (QED) is 0.764. The third-order valence-corrected chi connectivity index (χ3v) is 4.81. The molecule has 142 valence electrons. The summed E-state index contributed by atoms with van der Waals surface area (Å²) in [4.78, 5) is 35.4. The van der Waals surface area contributed by atoms with Crippen molar-refractivity contribution in [2.75, 3.05) is 72.6 Å². The minimum atomic E-state index is -0.244. The second kappa shape index (κ2) is 9.07. The van der Waals surface area contributed by atoms with E-state index in [1.807, 2.05) is 7.05 Å². The Kier molecular flexibility index (Phi) is 6.54. The molecule has 26 heavy (non-hydrogen) atoms. The van der Waals surface area contributed by atoms with E-state index in [4.69, 9.17) is 4.74 Å². The van der Waals surface area contributed by atoms with Crippen LogP contribution in [0.2, 0.25) is 0 Å². The molecule has 0 unspecified atom stereocenters. The highest BCUT2D eigenvalue weighted by Gasteiger charge is 2.22. The topological polar surface area (TPSA) is 78.0 Å². The molecule has 0 aromatic carbocycles. The summed E-state index contributed by atoms with van der Waals surface area (Å²) in [5.41, 5.74) is 0.613. The van der Waals surface area contributed by atoms with Crippen LogP contribution in [-0.4, -0.2) is 104 Å². The summed E-state index contributed by atoms with van der Waals surface area (Å²) in [7, 11) is 2.04. The predicted octanol–water partition coefficient (Wildman–Crippen LogP) is -0.469. The summed E-state index contributed by atoms with van der Waals surface area (Å²) in [6, 6.07) is 5.03. The lowest BCUT2D eigenvalue weighted by molar-refractivity contribution is 0.0383. The number of morpholine rings is 1. The van der Waals surface area contributed by atoms with Gasteiger partial charge in [0.1, 0.15) is 11.4 Å². The number of amides is 2. The number of carbonyl (C=O) groups is 2. The van der Waals surface area contributed by atoms with E-state index in [2.05, 4.69) is 20.1 Å². The molecule has 1 N–H and O–H groups in total. The number of carbonyl (C=O) groups excluding carboxylic acids is 2. The van der Waals surface area contributed by atoms with Gasteiger partial charge in [-0.2, -0.15) is 0 Å². The molecule has 3 rings (SSSR count). The molecule has 8 nitrogen and oxygen atoms in total. The smallest absolute Gasteiger partial charge is 0.272 e. The van der Waals surface area contributed by atoms with Gasteiger partial charge in [-0.3, -0.25) is 14.5 Å². The number of rotatable bonds is 5. The molecule has 2 aliphatic heterocycles. The van der Waals surface area contributed by atoms with Crippen LogP contribution in [0.1, 0.15) is 21.0 Å². The Morgan fingerprint density at radius 1 is 1.08 bits per heavy atom. The number of likely N-dealkylation sites (N-methyl/N-ethyl adjacent to an activating group) is 1. The fourth-order valence-corrected chi connectivity index (χ4v) is 3.09. The SMILES string of the molecule is CN1CCN(C(=O)c2cccc(C(=O)NCCN3CCOCC3)n2)CC1. The Bertz CT molecular complexity index is 625. The Morgan fingerprint density at radius 3 is 2.50 bits per heavy atom. The van der Waals surface area contributed by atoms with E-state index in [0.717, 1.165) is 45.9 Å². The van der Waals surface area contributed by atoms with E-state index >= 15 is 0 Å². The monoisotopic (exact) mass is 361 g/mol. The van der Waals surface area contributed by atoms with Gasteiger partial charge in [0.15, 0.2) is 0 Å². The second-order valence-corrected chi connectivity index (χ2v) is 6.71. The van der Waals surface area contributed by atoms with Crippen molar-refractivity contribution in [3.8, 4) is 0 Å². The van der Waals surface area contributed by atoms with Crippen LogP contribution in [0.3, 0.4) is 0 Å². The summed E-state index contributed by atoms with van der Waals surface area (Å²) >= 11 is 0. The number of nitrogens with zero attached hydrogens (tertiary/aromatic N) is 4. The van der Waals surface area contributed by atoms with Gasteiger partial charge in [-0.25, -0.2) is 4.98 Å². The van der Waals surface area contributed by atoms with E-state index in [9.17, 15) is 9.59 Å². The third kappa shape index (κ3) is 5.00. The van der Waals surface area contributed by atoms with Gasteiger partial charge >= 0.3 is 0 Å². The number of hydrogen-bond acceptors (Lipinski definition) is 6. The van der Waals surface area contributed by atoms with Crippen LogP contribution in [0.15, 0.2) is 18.2 Å². The van der Waals surface area contributed by atoms with Crippen molar-refractivity contribution in [2.24, 2.45) is 0 Å². The minimum Gasteiger partial charge on any atom is -0.379 e. The molecule has 2 saturated heterocycles. The first-order valence-electron chi connectivity index (χ1n) is 9.16. The van der Waals surface area contributed by atoms with E-state index in [1.54, 1.807) is 23.1 Å². The Morgan fingerprint density at radius 2 is 1.77 bits per heavy atom. The predicted molar refractivity (Wildman–Crippen MR) is 97.2 cm³/mol. The largest absolute Gasteiger partial charge is 0.379 e. The lowest BCUT2D eigenvalue weighted by Crippen LogP contribution is -2.47. The first kappa shape index (κ1) is 18.8. The van der Waals surface area contributed by atoms with Gasteiger partial charge in [0, 0.05) is 52.4 Å². The van der Waals surface area contributed by atoms with E-state index in [0.29, 0.717) is 25.3 Å². The molecule has 0 spiro atoms. The molecule has 2 amide bonds. The Labute approximate surface area is 154 Å². The van der Waals surface area contributed by atoms with Gasteiger partial charge in [-0.1, -0.05) is 6.07 Å². The summed E-state index contributed by atoms with van der Waals surface area (Å²) in [6.07, 6.45) is 0. The van der Waals surface area contributed by atoms with Crippen LogP contribution in [0.25, 0.3) is 0 Å². The maximum Gasteiger partial charge on any atom is 0.272 e. The number of nitrogens with one attached hydrogen (secondary N) is 1. The molecule has 0 radical (unpaired) electrons. The Balaban J connectivity index is 1.52. The molecule has 0 atom stereocenters. The van der Waals surface area contributed by atoms with Crippen molar-refractivity contribution in [1.29, 1.82) is 0 Å². The fraction of sp³-hybridized carbons (Fsp3) is 0.611. The van der Waals surface area contributed by atoms with Crippen LogP contribution in [-0.2, 0) is 4.74 Å². The third-order valence-electron chi connectivity index (χ3n) is 4.81. The standard InChI is InChI=1S/C18H27N5O3/c1-21-7-9-23(10-8-21)18(25)16-4-2-3-15(20-16)17(24)19-5-6-22-11-13-26-14-12-22/h2-4H,5-14H2,1H3,(H,19,24). The molecule has 1 aromatic rings. The maximum absolute atomic E-state index is 12.6. The van der Waals surface area contributed by atoms with Crippen LogP contribution in [0.4, 0.5) is 0 Å². The van der Waals surface area contributed by atoms with Crippen molar-refractivity contribution in [1.82, 2.24) is 25.0 Å². The molecule has 8 heteroatoms. The molecule has 3 heterocycles. The highest BCUT2D eigenvalue weighted by molar-refractivity contribution is 5.96. The summed E-state index contributed by atoms with van der Waals surface area (Å²) in [6.45, 7) is 7.69. The van der Waals surface area contributed by atoms with Crippen molar-refractivity contribution in [2.45, 2.75) is 0 Å². The number of aromatic nitrogens is 1. The number of pyridine rings is 1. The van der Waals surface area contributed by atoms with Crippen LogP contribution < -0.4 is 5.32 Å². The molecular formula is C18H27N5O3. The van der Waals surface area contributed by atoms with Gasteiger partial charge in [-0.15, -0.1) is 0 Å². The average Bonchev–Trinajstić information content (AvgIpc) is 2.69. The van der Waals surface area contributed by atoms with E-state index < -0.39 is 0 Å². The minimum absolute atomic E-state index is 0.110. The summed E-state index contributed by atoms with van der Waals surface area (Å²) in [5, 5.41) is 2.88. The highest BCUT2D eigenvalue weighted by Crippen LogP contribution is 2.07. The van der Waals surface area contributed by atoms with Crippen molar-refractivity contribution in [3.63, 3.8) is 0 Å². The fourth-order valence-electron chi connectivity index (χ4n) is 3.09. The molecule has 0 aliphatic carbocycles. The second-order valence-electron chi connectivity index (χ2n) is 6.71. The van der Waals surface area contributed by atoms with Crippen LogP contribution in [0.5, 0.6) is 0 Å². The highest BCUT2D eigenvalue weighted by atomic mass is 16.5. The Hall–Kier alpha value is -2.03. The van der Waals surface area contributed by atoms with Gasteiger partial charge in [-0.05, 0) is 19.2 Å². The zero-order valence-corrected chi connectivity index (χ0v) is 15.3. The van der Waals surface area contributed by atoms with Crippen molar-refractivity contribution in [3.05, 3.63) is 29.6 Å². The first-order chi connectivity index (χ1) is 12.6. The molecule has 0 saturated carbocycles. The molecule has 2 fully saturated rings. The van der Waals surface area contributed by atoms with E-state index in [1.165, 1.54) is 0 Å². The molecule has 2 aliphatic rings. The zero-order chi connectivity index (χ0) is 18.4. The zero-order valence-electron chi connectivity index (χ0n) is 15.3. The molecule has 1 aromatic heterocycles. The number of ether oxygens (including phenoxy) is 1. The van der Waals surface area contributed by atoms with Crippen LogP contribution >= 0.6 is 0 Å². The first-order valence-corrected chi connectivity index (χ1v) is 9.16. The van der Waals surface area contributed by atoms with Gasteiger partial charge < -0.3 is 19.9 Å². The van der Waals surface area contributed by atoms with Gasteiger partial charge in [0.25, 0.3) is 11.8 Å². The number of piperazine rings is 1. The number of hydrogen-bond donors (Lipinski definition) is 1. The van der Waals surface area contributed by atoms with Crippen molar-refractivity contribution < 1.29 is 14.3 Å². The molecular weight excluding hydrogens is 334 g/mol.